The van der Waals surface area contributed by atoms with Crippen LogP contribution in [-0.2, 0) is 11.2 Å². The summed E-state index contributed by atoms with van der Waals surface area (Å²) in [6.07, 6.45) is 0.133. The highest BCUT2D eigenvalue weighted by Gasteiger charge is 2.21. The summed E-state index contributed by atoms with van der Waals surface area (Å²) in [7, 11) is 3.03. The summed E-state index contributed by atoms with van der Waals surface area (Å²) in [5.41, 5.74) is 1.13. The van der Waals surface area contributed by atoms with Crippen molar-refractivity contribution in [2.45, 2.75) is 12.5 Å². The molecule has 0 spiro atoms. The van der Waals surface area contributed by atoms with Gasteiger partial charge in [-0.2, -0.15) is 0 Å². The van der Waals surface area contributed by atoms with Gasteiger partial charge in [0.1, 0.15) is 6.04 Å². The predicted octanol–water partition coefficient (Wildman–Crippen LogP) is 2.13. The number of methoxy groups -OCH3 is 2. The molecule has 24 heavy (non-hydrogen) atoms. The van der Waals surface area contributed by atoms with Gasteiger partial charge in [-0.3, -0.25) is 4.79 Å². The maximum atomic E-state index is 12.2. The molecule has 0 heterocycles. The first-order chi connectivity index (χ1) is 11.5. The molecule has 0 saturated carbocycles. The zero-order valence-corrected chi connectivity index (χ0v) is 13.5. The Morgan fingerprint density at radius 1 is 1.04 bits per heavy atom. The van der Waals surface area contributed by atoms with Gasteiger partial charge in [0.2, 0.25) is 0 Å². The predicted molar refractivity (Wildman–Crippen MR) is 88.6 cm³/mol. The molecule has 2 aromatic rings. The summed E-state index contributed by atoms with van der Waals surface area (Å²) in [6.45, 7) is 0. The SMILES string of the molecule is COc1ccc(C[C@@H](NC(=O)c2ccccc2)C(=O)O)cc1OC. The number of carbonyl (C=O) groups is 2. The fourth-order valence-corrected chi connectivity index (χ4v) is 2.27. The van der Waals surface area contributed by atoms with Crippen molar-refractivity contribution in [3.05, 3.63) is 59.7 Å². The van der Waals surface area contributed by atoms with Crippen molar-refractivity contribution in [2.24, 2.45) is 0 Å². The topological polar surface area (TPSA) is 84.9 Å². The number of nitrogens with one attached hydrogen (secondary N) is 1. The molecular formula is C18H19NO5. The summed E-state index contributed by atoms with van der Waals surface area (Å²) in [5, 5.41) is 11.9. The van der Waals surface area contributed by atoms with E-state index in [0.29, 0.717) is 22.6 Å². The quantitative estimate of drug-likeness (QED) is 0.813. The van der Waals surface area contributed by atoms with E-state index < -0.39 is 17.9 Å². The van der Waals surface area contributed by atoms with Crippen molar-refractivity contribution in [1.29, 1.82) is 0 Å². The van der Waals surface area contributed by atoms with E-state index in [9.17, 15) is 14.7 Å². The Bertz CT molecular complexity index is 715. The van der Waals surface area contributed by atoms with E-state index in [0.717, 1.165) is 0 Å². The molecule has 2 N–H and O–H groups in total. The summed E-state index contributed by atoms with van der Waals surface area (Å²) in [6, 6.07) is 12.6. The van der Waals surface area contributed by atoms with E-state index in [2.05, 4.69) is 5.32 Å². The number of benzene rings is 2. The molecule has 1 amide bonds. The Morgan fingerprint density at radius 3 is 2.29 bits per heavy atom. The Balaban J connectivity index is 2.14. The number of rotatable bonds is 7. The van der Waals surface area contributed by atoms with Crippen molar-refractivity contribution < 1.29 is 24.2 Å². The van der Waals surface area contributed by atoms with E-state index >= 15 is 0 Å². The molecule has 0 aromatic heterocycles. The van der Waals surface area contributed by atoms with Crippen molar-refractivity contribution in [3.8, 4) is 11.5 Å². The van der Waals surface area contributed by atoms with Crippen molar-refractivity contribution in [2.75, 3.05) is 14.2 Å². The minimum atomic E-state index is -1.10. The molecule has 0 unspecified atom stereocenters. The minimum Gasteiger partial charge on any atom is -0.493 e. The second-order valence-electron chi connectivity index (χ2n) is 5.12. The minimum absolute atomic E-state index is 0.133. The van der Waals surface area contributed by atoms with Gasteiger partial charge in [0.15, 0.2) is 11.5 Å². The molecule has 6 nitrogen and oxygen atoms in total. The van der Waals surface area contributed by atoms with Crippen LogP contribution in [0.25, 0.3) is 0 Å². The first kappa shape index (κ1) is 17.3. The summed E-state index contributed by atoms with van der Waals surface area (Å²) >= 11 is 0. The van der Waals surface area contributed by atoms with Gasteiger partial charge in [0, 0.05) is 12.0 Å². The van der Waals surface area contributed by atoms with Crippen LogP contribution in [0.2, 0.25) is 0 Å². The Morgan fingerprint density at radius 2 is 1.71 bits per heavy atom. The Labute approximate surface area is 140 Å². The number of hydrogen-bond donors (Lipinski definition) is 2. The number of carbonyl (C=O) groups excluding carboxylic acids is 1. The van der Waals surface area contributed by atoms with Gasteiger partial charge in [0.25, 0.3) is 5.91 Å². The van der Waals surface area contributed by atoms with Crippen LogP contribution in [0.5, 0.6) is 11.5 Å². The number of carboxylic acids is 1. The fraction of sp³-hybridized carbons (Fsp3) is 0.222. The lowest BCUT2D eigenvalue weighted by atomic mass is 10.0. The van der Waals surface area contributed by atoms with Gasteiger partial charge in [-0.05, 0) is 29.8 Å². The molecule has 0 aliphatic rings. The van der Waals surface area contributed by atoms with E-state index in [4.69, 9.17) is 9.47 Å². The lowest BCUT2D eigenvalue weighted by Crippen LogP contribution is -2.42. The zero-order chi connectivity index (χ0) is 17.5. The van der Waals surface area contributed by atoms with Crippen LogP contribution in [0.4, 0.5) is 0 Å². The lowest BCUT2D eigenvalue weighted by Gasteiger charge is -2.16. The molecule has 0 bridgehead atoms. The summed E-state index contributed by atoms with van der Waals surface area (Å²) < 4.78 is 10.4. The van der Waals surface area contributed by atoms with Crippen molar-refractivity contribution in [1.82, 2.24) is 5.32 Å². The largest absolute Gasteiger partial charge is 0.493 e. The number of aliphatic carboxylic acids is 1. The van der Waals surface area contributed by atoms with Gasteiger partial charge < -0.3 is 19.9 Å². The van der Waals surface area contributed by atoms with Gasteiger partial charge in [0.05, 0.1) is 14.2 Å². The first-order valence-electron chi connectivity index (χ1n) is 7.34. The molecule has 2 rings (SSSR count). The van der Waals surface area contributed by atoms with Crippen LogP contribution in [0.15, 0.2) is 48.5 Å². The second kappa shape index (κ2) is 8.01. The summed E-state index contributed by atoms with van der Waals surface area (Å²) in [4.78, 5) is 23.6. The molecule has 0 radical (unpaired) electrons. The average Bonchev–Trinajstić information content (AvgIpc) is 2.61. The molecule has 0 fully saturated rings. The lowest BCUT2D eigenvalue weighted by molar-refractivity contribution is -0.139. The van der Waals surface area contributed by atoms with E-state index in [1.807, 2.05) is 0 Å². The maximum absolute atomic E-state index is 12.2. The molecular weight excluding hydrogens is 310 g/mol. The number of ether oxygens (including phenoxy) is 2. The highest BCUT2D eigenvalue weighted by Crippen LogP contribution is 2.28. The highest BCUT2D eigenvalue weighted by atomic mass is 16.5. The van der Waals surface area contributed by atoms with Crippen LogP contribution in [0.1, 0.15) is 15.9 Å². The highest BCUT2D eigenvalue weighted by molar-refractivity contribution is 5.96. The third kappa shape index (κ3) is 4.25. The van der Waals surface area contributed by atoms with Crippen LogP contribution in [0, 0.1) is 0 Å². The zero-order valence-electron chi connectivity index (χ0n) is 13.5. The Kier molecular flexibility index (Phi) is 5.78. The van der Waals surface area contributed by atoms with Gasteiger partial charge in [-0.1, -0.05) is 24.3 Å². The van der Waals surface area contributed by atoms with Crippen LogP contribution < -0.4 is 14.8 Å². The standard InChI is InChI=1S/C18H19NO5/c1-23-15-9-8-12(11-16(15)24-2)10-14(18(21)22)19-17(20)13-6-4-3-5-7-13/h3-9,11,14H,10H2,1-2H3,(H,19,20)(H,21,22)/t14-/m1/s1. The van der Waals surface area contributed by atoms with Crippen molar-refractivity contribution in [3.63, 3.8) is 0 Å². The summed E-state index contributed by atoms with van der Waals surface area (Å²) in [5.74, 6) is -0.465. The molecule has 126 valence electrons. The van der Waals surface area contributed by atoms with E-state index in [1.54, 1.807) is 48.5 Å². The van der Waals surface area contributed by atoms with Crippen LogP contribution in [0.3, 0.4) is 0 Å². The fourth-order valence-electron chi connectivity index (χ4n) is 2.27. The molecule has 2 aromatic carbocycles. The van der Waals surface area contributed by atoms with Crippen LogP contribution in [-0.4, -0.2) is 37.2 Å². The number of amides is 1. The Hall–Kier alpha value is -3.02. The third-order valence-corrected chi connectivity index (χ3v) is 3.53. The van der Waals surface area contributed by atoms with E-state index in [-0.39, 0.29) is 6.42 Å². The smallest absolute Gasteiger partial charge is 0.326 e. The van der Waals surface area contributed by atoms with Gasteiger partial charge in [-0.15, -0.1) is 0 Å². The van der Waals surface area contributed by atoms with E-state index in [1.165, 1.54) is 14.2 Å². The third-order valence-electron chi connectivity index (χ3n) is 3.53. The molecule has 6 heteroatoms. The van der Waals surface area contributed by atoms with Gasteiger partial charge in [-0.25, -0.2) is 4.79 Å². The van der Waals surface area contributed by atoms with Gasteiger partial charge >= 0.3 is 5.97 Å². The van der Waals surface area contributed by atoms with Crippen molar-refractivity contribution >= 4 is 11.9 Å². The second-order valence-corrected chi connectivity index (χ2v) is 5.12. The maximum Gasteiger partial charge on any atom is 0.326 e. The monoisotopic (exact) mass is 329 g/mol. The normalized spacial score (nSPS) is 11.4. The molecule has 1 atom stereocenters. The molecule has 0 aliphatic carbocycles. The number of carboxylic acid groups (broad SMARTS) is 1. The van der Waals surface area contributed by atoms with Crippen LogP contribution >= 0.6 is 0 Å². The first-order valence-corrected chi connectivity index (χ1v) is 7.34. The number of hydrogen-bond acceptors (Lipinski definition) is 4. The molecule has 0 saturated heterocycles. The molecule has 0 aliphatic heterocycles. The average molecular weight is 329 g/mol.